The summed E-state index contributed by atoms with van der Waals surface area (Å²) in [5.41, 5.74) is 4.30. The van der Waals surface area contributed by atoms with E-state index in [1.165, 1.54) is 5.56 Å². The Morgan fingerprint density at radius 3 is 2.38 bits per heavy atom. The van der Waals surface area contributed by atoms with Crippen LogP contribution >= 0.6 is 11.6 Å². The molecule has 0 spiro atoms. The topological polar surface area (TPSA) is 59.8 Å². The molecule has 32 heavy (non-hydrogen) atoms. The predicted molar refractivity (Wildman–Crippen MR) is 128 cm³/mol. The van der Waals surface area contributed by atoms with Crippen LogP contribution in [0.25, 0.3) is 0 Å². The Labute approximate surface area is 195 Å². The number of benzene rings is 2. The molecule has 6 nitrogen and oxygen atoms in total. The van der Waals surface area contributed by atoms with Gasteiger partial charge in [0.15, 0.2) is 0 Å². The number of likely N-dealkylation sites (N-methyl/N-ethyl adjacent to an activating group) is 1. The van der Waals surface area contributed by atoms with Crippen LogP contribution in [0, 0.1) is 13.8 Å². The van der Waals surface area contributed by atoms with Gasteiger partial charge in [-0.05, 0) is 63.7 Å². The summed E-state index contributed by atoms with van der Waals surface area (Å²) in [5, 5.41) is 15.9. The highest BCUT2D eigenvalue weighted by Gasteiger charge is 2.16. The van der Waals surface area contributed by atoms with Crippen LogP contribution in [0.5, 0.6) is 11.5 Å². The van der Waals surface area contributed by atoms with E-state index in [-0.39, 0.29) is 6.61 Å². The molecule has 3 aromatic rings. The SMILES string of the molecule is CCOc1ccc(OC[C@H](O)CN(C)Cc2c(C)nn(Cc3ccccc3Cl)c2C)cc1. The fourth-order valence-corrected chi connectivity index (χ4v) is 3.84. The van der Waals surface area contributed by atoms with E-state index in [0.29, 0.717) is 32.0 Å². The molecular weight excluding hydrogens is 426 g/mol. The Balaban J connectivity index is 1.53. The Kier molecular flexibility index (Phi) is 8.56. The van der Waals surface area contributed by atoms with Gasteiger partial charge in [-0.1, -0.05) is 29.8 Å². The molecule has 1 atom stereocenters. The third-order valence-electron chi connectivity index (χ3n) is 5.34. The van der Waals surface area contributed by atoms with Gasteiger partial charge in [-0.2, -0.15) is 5.10 Å². The number of hydrogen-bond acceptors (Lipinski definition) is 5. The molecule has 0 aliphatic heterocycles. The molecule has 3 rings (SSSR count). The van der Waals surface area contributed by atoms with Crippen molar-refractivity contribution in [1.82, 2.24) is 14.7 Å². The summed E-state index contributed by atoms with van der Waals surface area (Å²) in [6.45, 7) is 8.71. The number of aliphatic hydroxyl groups excluding tert-OH is 1. The van der Waals surface area contributed by atoms with Gasteiger partial charge in [0.1, 0.15) is 24.2 Å². The van der Waals surface area contributed by atoms with Gasteiger partial charge in [-0.25, -0.2) is 0 Å². The highest BCUT2D eigenvalue weighted by Crippen LogP contribution is 2.21. The van der Waals surface area contributed by atoms with Crippen molar-refractivity contribution in [1.29, 1.82) is 0 Å². The number of nitrogens with zero attached hydrogens (tertiary/aromatic N) is 3. The Morgan fingerprint density at radius 2 is 1.72 bits per heavy atom. The monoisotopic (exact) mass is 457 g/mol. The summed E-state index contributed by atoms with van der Waals surface area (Å²) in [5.74, 6) is 1.52. The van der Waals surface area contributed by atoms with Gasteiger partial charge in [0.25, 0.3) is 0 Å². The van der Waals surface area contributed by atoms with Crippen molar-refractivity contribution in [2.24, 2.45) is 0 Å². The van der Waals surface area contributed by atoms with Gasteiger partial charge in [0.05, 0.1) is 18.8 Å². The van der Waals surface area contributed by atoms with Crippen LogP contribution in [0.4, 0.5) is 0 Å². The number of halogens is 1. The molecular formula is C25H32ClN3O3. The number of aliphatic hydroxyl groups is 1. The summed E-state index contributed by atoms with van der Waals surface area (Å²) in [4.78, 5) is 2.09. The zero-order valence-electron chi connectivity index (χ0n) is 19.2. The molecule has 0 unspecified atom stereocenters. The van der Waals surface area contributed by atoms with Crippen molar-refractivity contribution in [2.45, 2.75) is 40.0 Å². The lowest BCUT2D eigenvalue weighted by molar-refractivity contribution is 0.0742. The predicted octanol–water partition coefficient (Wildman–Crippen LogP) is 4.47. The highest BCUT2D eigenvalue weighted by atomic mass is 35.5. The molecule has 0 saturated heterocycles. The minimum atomic E-state index is -0.606. The summed E-state index contributed by atoms with van der Waals surface area (Å²) in [7, 11) is 1.99. The molecule has 0 radical (unpaired) electrons. The lowest BCUT2D eigenvalue weighted by Gasteiger charge is -2.21. The molecule has 7 heteroatoms. The van der Waals surface area contributed by atoms with Crippen molar-refractivity contribution in [2.75, 3.05) is 26.8 Å². The minimum Gasteiger partial charge on any atom is -0.494 e. The van der Waals surface area contributed by atoms with E-state index in [2.05, 4.69) is 11.8 Å². The lowest BCUT2D eigenvalue weighted by Crippen LogP contribution is -2.33. The average Bonchev–Trinajstić information content (AvgIpc) is 3.02. The van der Waals surface area contributed by atoms with Crippen LogP contribution in [0.2, 0.25) is 5.02 Å². The highest BCUT2D eigenvalue weighted by molar-refractivity contribution is 6.31. The lowest BCUT2D eigenvalue weighted by atomic mass is 10.1. The molecule has 0 fully saturated rings. The van der Waals surface area contributed by atoms with Gasteiger partial charge in [-0.15, -0.1) is 0 Å². The first kappa shape index (κ1) is 24.1. The van der Waals surface area contributed by atoms with Crippen molar-refractivity contribution in [3.05, 3.63) is 76.1 Å². The first-order chi connectivity index (χ1) is 15.4. The van der Waals surface area contributed by atoms with Crippen LogP contribution in [0.15, 0.2) is 48.5 Å². The van der Waals surface area contributed by atoms with E-state index >= 15 is 0 Å². The van der Waals surface area contributed by atoms with E-state index in [1.807, 2.05) is 74.1 Å². The van der Waals surface area contributed by atoms with Crippen LogP contribution in [-0.2, 0) is 13.1 Å². The zero-order valence-corrected chi connectivity index (χ0v) is 20.0. The summed E-state index contributed by atoms with van der Waals surface area (Å²) >= 11 is 6.32. The Morgan fingerprint density at radius 1 is 1.06 bits per heavy atom. The minimum absolute atomic E-state index is 0.224. The third kappa shape index (κ3) is 6.48. The van der Waals surface area contributed by atoms with Crippen LogP contribution < -0.4 is 9.47 Å². The second-order valence-electron chi connectivity index (χ2n) is 7.96. The van der Waals surface area contributed by atoms with Crippen LogP contribution in [-0.4, -0.2) is 52.7 Å². The quantitative estimate of drug-likeness (QED) is 0.460. The van der Waals surface area contributed by atoms with Crippen LogP contribution in [0.1, 0.15) is 29.4 Å². The average molecular weight is 458 g/mol. The molecule has 0 saturated carbocycles. The molecule has 0 aliphatic rings. The fraction of sp³-hybridized carbons (Fsp3) is 0.400. The van der Waals surface area contributed by atoms with E-state index in [1.54, 1.807) is 0 Å². The molecule has 1 aromatic heterocycles. The smallest absolute Gasteiger partial charge is 0.119 e. The summed E-state index contributed by atoms with van der Waals surface area (Å²) < 4.78 is 13.1. The zero-order chi connectivity index (χ0) is 23.1. The first-order valence-electron chi connectivity index (χ1n) is 10.9. The van der Waals surface area contributed by atoms with Crippen molar-refractivity contribution < 1.29 is 14.6 Å². The molecule has 1 N–H and O–H groups in total. The summed E-state index contributed by atoms with van der Waals surface area (Å²) in [6, 6.07) is 15.3. The van der Waals surface area contributed by atoms with E-state index in [4.69, 9.17) is 26.2 Å². The van der Waals surface area contributed by atoms with Crippen molar-refractivity contribution >= 4 is 11.6 Å². The maximum Gasteiger partial charge on any atom is 0.119 e. The number of aromatic nitrogens is 2. The maximum atomic E-state index is 10.4. The number of rotatable bonds is 11. The second kappa shape index (κ2) is 11.4. The van der Waals surface area contributed by atoms with Crippen molar-refractivity contribution in [3.8, 4) is 11.5 Å². The van der Waals surface area contributed by atoms with Gasteiger partial charge in [0.2, 0.25) is 0 Å². The van der Waals surface area contributed by atoms with E-state index in [0.717, 1.165) is 27.7 Å². The van der Waals surface area contributed by atoms with Gasteiger partial charge >= 0.3 is 0 Å². The molecule has 1 heterocycles. The first-order valence-corrected chi connectivity index (χ1v) is 11.2. The molecule has 172 valence electrons. The molecule has 0 amide bonds. The Hall–Kier alpha value is -2.54. The van der Waals surface area contributed by atoms with E-state index < -0.39 is 6.10 Å². The van der Waals surface area contributed by atoms with Crippen LogP contribution in [0.3, 0.4) is 0 Å². The number of aryl methyl sites for hydroxylation is 1. The number of ether oxygens (including phenoxy) is 2. The molecule has 0 bridgehead atoms. The van der Waals surface area contributed by atoms with Crippen molar-refractivity contribution in [3.63, 3.8) is 0 Å². The van der Waals surface area contributed by atoms with Gasteiger partial charge in [-0.3, -0.25) is 9.58 Å². The standard InChI is InChI=1S/C25H32ClN3O3/c1-5-31-22-10-12-23(13-11-22)32-17-21(30)15-28(4)16-24-18(2)27-29(19(24)3)14-20-8-6-7-9-25(20)26/h6-13,21,30H,5,14-17H2,1-4H3/t21-/m1/s1. The van der Waals surface area contributed by atoms with E-state index in [9.17, 15) is 5.11 Å². The second-order valence-corrected chi connectivity index (χ2v) is 8.37. The molecule has 2 aromatic carbocycles. The van der Waals surface area contributed by atoms with Gasteiger partial charge in [0, 0.05) is 29.4 Å². The third-order valence-corrected chi connectivity index (χ3v) is 5.71. The number of hydrogen-bond donors (Lipinski definition) is 1. The normalized spacial score (nSPS) is 12.2. The maximum absolute atomic E-state index is 10.4. The molecule has 0 aliphatic carbocycles. The fourth-order valence-electron chi connectivity index (χ4n) is 3.64. The van der Waals surface area contributed by atoms with Gasteiger partial charge < -0.3 is 14.6 Å². The largest absolute Gasteiger partial charge is 0.494 e. The Bertz CT molecular complexity index is 1000. The summed E-state index contributed by atoms with van der Waals surface area (Å²) in [6.07, 6.45) is -0.606.